The van der Waals surface area contributed by atoms with Crippen LogP contribution in [0.4, 0.5) is 17.5 Å². The Bertz CT molecular complexity index is 1300. The van der Waals surface area contributed by atoms with Crippen molar-refractivity contribution in [2.45, 2.75) is 25.3 Å². The van der Waals surface area contributed by atoms with Gasteiger partial charge in [0.25, 0.3) is 0 Å². The smallest absolute Gasteiger partial charge is 0.231 e. The summed E-state index contributed by atoms with van der Waals surface area (Å²) in [4.78, 5) is 31.2. The highest BCUT2D eigenvalue weighted by atomic mass is 35.5. The van der Waals surface area contributed by atoms with Gasteiger partial charge in [-0.05, 0) is 62.4 Å². The number of ether oxygens (including phenoxy) is 1. The summed E-state index contributed by atoms with van der Waals surface area (Å²) >= 11 is 6.50. The quantitative estimate of drug-likeness (QED) is 0.323. The molecule has 0 radical (unpaired) electrons. The van der Waals surface area contributed by atoms with Crippen LogP contribution in [0.2, 0.25) is 5.02 Å². The van der Waals surface area contributed by atoms with Crippen molar-refractivity contribution >= 4 is 46.1 Å². The topological polar surface area (TPSA) is 134 Å². The number of H-pyrrole nitrogens is 1. The Morgan fingerprint density at radius 2 is 2.06 bits per heavy atom. The Morgan fingerprint density at radius 3 is 2.86 bits per heavy atom. The van der Waals surface area contributed by atoms with Gasteiger partial charge in [0.2, 0.25) is 11.9 Å². The molecule has 4 unspecified atom stereocenters. The number of fused-ring (bicyclic) bond motifs is 3. The molecule has 1 amide bonds. The second-order valence-corrected chi connectivity index (χ2v) is 10.1. The normalized spacial score (nSPS) is 25.0. The van der Waals surface area contributed by atoms with Crippen LogP contribution in [0.1, 0.15) is 19.3 Å². The number of allylic oxidation sites excluding steroid dienone is 1. The minimum Gasteiger partial charge on any atom is -0.491 e. The van der Waals surface area contributed by atoms with Crippen molar-refractivity contribution < 1.29 is 9.53 Å². The molecule has 1 saturated carbocycles. The number of anilines is 3. The van der Waals surface area contributed by atoms with Crippen LogP contribution in [0.5, 0.6) is 5.75 Å². The molecule has 2 aliphatic carbocycles. The first-order valence-electron chi connectivity index (χ1n) is 12.4. The van der Waals surface area contributed by atoms with Gasteiger partial charge in [0.1, 0.15) is 17.9 Å². The summed E-state index contributed by atoms with van der Waals surface area (Å²) in [6.45, 7) is 3.78. The summed E-state index contributed by atoms with van der Waals surface area (Å²) < 4.78 is 5.90. The predicted molar refractivity (Wildman–Crippen MR) is 138 cm³/mol. The maximum Gasteiger partial charge on any atom is 0.231 e. The molecule has 1 aliphatic heterocycles. The molecule has 10 nitrogen and oxygen atoms in total. The molecule has 4 atom stereocenters. The number of hydrogen-bond donors (Lipinski definition) is 4. The summed E-state index contributed by atoms with van der Waals surface area (Å²) in [5, 5.41) is 7.19. The Labute approximate surface area is 213 Å². The van der Waals surface area contributed by atoms with Gasteiger partial charge in [0.15, 0.2) is 11.5 Å². The Hall–Kier alpha value is -3.37. The number of halogens is 1. The van der Waals surface area contributed by atoms with E-state index in [-0.39, 0.29) is 29.7 Å². The number of amides is 1. The molecule has 3 aromatic rings. The fourth-order valence-electron chi connectivity index (χ4n) is 5.67. The number of hydrogen-bond acceptors (Lipinski definition) is 8. The van der Waals surface area contributed by atoms with Crippen LogP contribution >= 0.6 is 11.6 Å². The van der Waals surface area contributed by atoms with Crippen LogP contribution in [-0.4, -0.2) is 63.0 Å². The first kappa shape index (κ1) is 23.1. The zero-order valence-corrected chi connectivity index (χ0v) is 20.5. The highest BCUT2D eigenvalue weighted by molar-refractivity contribution is 6.32. The summed E-state index contributed by atoms with van der Waals surface area (Å²) in [6.07, 6.45) is 9.26. The van der Waals surface area contributed by atoms with Gasteiger partial charge in [0, 0.05) is 18.3 Å². The lowest BCUT2D eigenvalue weighted by atomic mass is 9.88. The van der Waals surface area contributed by atoms with E-state index in [1.807, 2.05) is 12.1 Å². The van der Waals surface area contributed by atoms with Crippen LogP contribution in [0, 0.1) is 17.8 Å². The number of imidazole rings is 1. The van der Waals surface area contributed by atoms with Gasteiger partial charge in [-0.1, -0.05) is 23.8 Å². The van der Waals surface area contributed by atoms with E-state index in [1.54, 1.807) is 12.4 Å². The van der Waals surface area contributed by atoms with Gasteiger partial charge in [-0.2, -0.15) is 9.97 Å². The van der Waals surface area contributed by atoms with E-state index in [0.717, 1.165) is 31.7 Å². The van der Waals surface area contributed by atoms with Crippen molar-refractivity contribution in [3.05, 3.63) is 41.7 Å². The Kier molecular flexibility index (Phi) is 6.14. The highest BCUT2D eigenvalue weighted by Crippen LogP contribution is 2.45. The molecule has 1 saturated heterocycles. The van der Waals surface area contributed by atoms with Crippen LogP contribution in [0.25, 0.3) is 11.2 Å². The van der Waals surface area contributed by atoms with Crippen molar-refractivity contribution in [2.75, 3.05) is 36.9 Å². The van der Waals surface area contributed by atoms with E-state index in [0.29, 0.717) is 40.3 Å². The number of primary amides is 1. The van der Waals surface area contributed by atoms with Crippen LogP contribution in [-0.2, 0) is 4.79 Å². The molecule has 2 aromatic heterocycles. The molecular weight excluding hydrogens is 480 g/mol. The Balaban J connectivity index is 1.18. The summed E-state index contributed by atoms with van der Waals surface area (Å²) in [6, 6.07) is 5.40. The fraction of sp³-hybridized carbons (Fsp3) is 0.440. The number of aromatic amines is 1. The van der Waals surface area contributed by atoms with Crippen molar-refractivity contribution in [3.63, 3.8) is 0 Å². The van der Waals surface area contributed by atoms with Gasteiger partial charge >= 0.3 is 0 Å². The largest absolute Gasteiger partial charge is 0.491 e. The molecule has 3 aliphatic rings. The van der Waals surface area contributed by atoms with Crippen LogP contribution < -0.4 is 21.1 Å². The standard InChI is InChI=1S/C25H29ClN8O2/c26-17-12-16(5-6-18(17)36-10-9-34-7-1-2-8-34)30-25-32-23-21(28-13-29-23)24(33-25)31-20-15-4-3-14(11-15)19(20)22(27)35/h3-6,12-15,19-20H,1-2,7-11H2,(H2,27,35)(H3,28,29,30,31,32,33). The van der Waals surface area contributed by atoms with E-state index in [4.69, 9.17) is 22.1 Å². The van der Waals surface area contributed by atoms with Crippen molar-refractivity contribution in [1.82, 2.24) is 24.8 Å². The molecule has 2 bridgehead atoms. The molecule has 2 fully saturated rings. The molecule has 36 heavy (non-hydrogen) atoms. The average molecular weight is 509 g/mol. The van der Waals surface area contributed by atoms with E-state index in [2.05, 4.69) is 47.6 Å². The van der Waals surface area contributed by atoms with E-state index in [9.17, 15) is 4.79 Å². The fourth-order valence-corrected chi connectivity index (χ4v) is 5.91. The molecule has 3 heterocycles. The zero-order valence-electron chi connectivity index (χ0n) is 19.8. The lowest BCUT2D eigenvalue weighted by Crippen LogP contribution is -2.41. The lowest BCUT2D eigenvalue weighted by molar-refractivity contribution is -0.122. The van der Waals surface area contributed by atoms with Crippen molar-refractivity contribution in [1.29, 1.82) is 0 Å². The number of carbonyl (C=O) groups excluding carboxylic acids is 1. The SMILES string of the molecule is NC(=O)C1C2C=CC(C2)C1Nc1nc(Nc2ccc(OCCN3CCCC3)c(Cl)c2)nc2[nH]cnc12. The minimum absolute atomic E-state index is 0.133. The van der Waals surface area contributed by atoms with Gasteiger partial charge in [-0.15, -0.1) is 0 Å². The maximum absolute atomic E-state index is 12.2. The molecule has 1 aromatic carbocycles. The monoisotopic (exact) mass is 508 g/mol. The van der Waals surface area contributed by atoms with E-state index in [1.165, 1.54) is 12.8 Å². The third-order valence-electron chi connectivity index (χ3n) is 7.42. The second kappa shape index (κ2) is 9.59. The van der Waals surface area contributed by atoms with Crippen molar-refractivity contribution in [3.8, 4) is 5.75 Å². The number of aromatic nitrogens is 4. The number of nitrogens with two attached hydrogens (primary N) is 1. The summed E-state index contributed by atoms with van der Waals surface area (Å²) in [5.74, 6) is 1.39. The number of benzene rings is 1. The molecule has 188 valence electrons. The van der Waals surface area contributed by atoms with Crippen LogP contribution in [0.3, 0.4) is 0 Å². The second-order valence-electron chi connectivity index (χ2n) is 9.71. The third kappa shape index (κ3) is 4.46. The predicted octanol–water partition coefficient (Wildman–Crippen LogP) is 3.31. The first-order chi connectivity index (χ1) is 17.5. The molecule has 6 rings (SSSR count). The van der Waals surface area contributed by atoms with Crippen molar-refractivity contribution in [2.24, 2.45) is 23.5 Å². The minimum atomic E-state index is -0.299. The molecule has 0 spiro atoms. The highest BCUT2D eigenvalue weighted by Gasteiger charge is 2.47. The number of nitrogens with zero attached hydrogens (tertiary/aromatic N) is 4. The van der Waals surface area contributed by atoms with E-state index >= 15 is 0 Å². The molecular formula is C25H29ClN8O2. The number of carbonyl (C=O) groups is 1. The molecule has 5 N–H and O–H groups in total. The van der Waals surface area contributed by atoms with Gasteiger partial charge in [-0.3, -0.25) is 9.69 Å². The van der Waals surface area contributed by atoms with Gasteiger partial charge < -0.3 is 26.1 Å². The molecule has 11 heteroatoms. The first-order valence-corrected chi connectivity index (χ1v) is 12.8. The maximum atomic E-state index is 12.2. The van der Waals surface area contributed by atoms with Gasteiger partial charge in [0.05, 0.1) is 17.3 Å². The zero-order chi connectivity index (χ0) is 24.6. The number of likely N-dealkylation sites (tertiary alicyclic amines) is 1. The third-order valence-corrected chi connectivity index (χ3v) is 7.72. The number of rotatable bonds is 9. The van der Waals surface area contributed by atoms with E-state index < -0.39 is 0 Å². The van der Waals surface area contributed by atoms with Crippen LogP contribution in [0.15, 0.2) is 36.7 Å². The number of nitrogens with one attached hydrogen (secondary N) is 3. The summed E-state index contributed by atoms with van der Waals surface area (Å²) in [7, 11) is 0. The van der Waals surface area contributed by atoms with Gasteiger partial charge in [-0.25, -0.2) is 4.98 Å². The Morgan fingerprint density at radius 1 is 1.22 bits per heavy atom. The lowest BCUT2D eigenvalue weighted by Gasteiger charge is -2.27. The summed E-state index contributed by atoms with van der Waals surface area (Å²) in [5.41, 5.74) is 7.66. The average Bonchev–Trinajstić information content (AvgIpc) is 3.65.